The maximum atomic E-state index is 12.7. The van der Waals surface area contributed by atoms with Gasteiger partial charge in [0.15, 0.2) is 17.3 Å². The summed E-state index contributed by atoms with van der Waals surface area (Å²) in [4.78, 5) is 0. The van der Waals surface area contributed by atoms with Crippen LogP contribution in [0.3, 0.4) is 0 Å². The van der Waals surface area contributed by atoms with Crippen molar-refractivity contribution in [1.29, 1.82) is 0 Å². The van der Waals surface area contributed by atoms with E-state index in [-0.39, 0.29) is 16.7 Å². The molecule has 4 heteroatoms. The molecule has 3 nitrogen and oxygen atoms in total. The van der Waals surface area contributed by atoms with Gasteiger partial charge in [-0.25, -0.2) is 4.39 Å². The van der Waals surface area contributed by atoms with E-state index in [2.05, 4.69) is 0 Å². The minimum absolute atomic E-state index is 0.135. The van der Waals surface area contributed by atoms with Crippen LogP contribution in [-0.4, -0.2) is 10.2 Å². The molecule has 62 valence electrons. The van der Waals surface area contributed by atoms with Gasteiger partial charge in [0.25, 0.3) is 0 Å². The van der Waals surface area contributed by atoms with Crippen LogP contribution in [-0.2, 0) is 0 Å². The van der Waals surface area contributed by atoms with Crippen LogP contribution in [0.5, 0.6) is 11.5 Å². The number of hydrogen-bond acceptors (Lipinski definition) is 3. The molecule has 0 radical (unpaired) electrons. The quantitative estimate of drug-likeness (QED) is 0.632. The molecule has 2 rings (SSSR count). The normalized spacial score (nSPS) is 10.8. The second kappa shape index (κ2) is 2.14. The lowest BCUT2D eigenvalue weighted by Gasteiger charge is -1.93. The Bertz CT molecular complexity index is 433. The summed E-state index contributed by atoms with van der Waals surface area (Å²) in [5.41, 5.74) is 0.256. The highest BCUT2D eigenvalue weighted by Gasteiger charge is 2.08. The van der Waals surface area contributed by atoms with E-state index >= 15 is 0 Å². The first-order chi connectivity index (χ1) is 5.68. The summed E-state index contributed by atoms with van der Waals surface area (Å²) < 4.78 is 17.5. The van der Waals surface area contributed by atoms with Gasteiger partial charge >= 0.3 is 0 Å². The number of phenols is 1. The van der Waals surface area contributed by atoms with E-state index in [9.17, 15) is 4.39 Å². The summed E-state index contributed by atoms with van der Waals surface area (Å²) in [6, 6.07) is 2.13. The van der Waals surface area contributed by atoms with Crippen molar-refractivity contribution in [2.75, 3.05) is 0 Å². The fourth-order valence-electron chi connectivity index (χ4n) is 1.02. The molecule has 2 N–H and O–H groups in total. The van der Waals surface area contributed by atoms with Gasteiger partial charge in [-0.3, -0.25) is 0 Å². The zero-order valence-corrected chi connectivity index (χ0v) is 5.91. The lowest BCUT2D eigenvalue weighted by molar-refractivity contribution is 0.432. The highest BCUT2D eigenvalue weighted by molar-refractivity contribution is 5.84. The van der Waals surface area contributed by atoms with Gasteiger partial charge in [0.05, 0.1) is 5.39 Å². The minimum atomic E-state index is -0.779. The van der Waals surface area contributed by atoms with Crippen molar-refractivity contribution in [3.63, 3.8) is 0 Å². The van der Waals surface area contributed by atoms with Crippen LogP contribution in [0.2, 0.25) is 0 Å². The molecule has 1 aromatic carbocycles. The van der Waals surface area contributed by atoms with Crippen LogP contribution in [0, 0.1) is 5.82 Å². The third-order valence-electron chi connectivity index (χ3n) is 1.62. The van der Waals surface area contributed by atoms with Crippen LogP contribution in [0.4, 0.5) is 4.39 Å². The van der Waals surface area contributed by atoms with Crippen molar-refractivity contribution in [3.05, 3.63) is 24.2 Å². The van der Waals surface area contributed by atoms with E-state index in [1.807, 2.05) is 0 Å². The van der Waals surface area contributed by atoms with E-state index in [1.165, 1.54) is 0 Å². The highest BCUT2D eigenvalue weighted by Crippen LogP contribution is 2.31. The summed E-state index contributed by atoms with van der Waals surface area (Å²) >= 11 is 0. The second-order valence-electron chi connectivity index (χ2n) is 2.42. The first-order valence-electron chi connectivity index (χ1n) is 3.27. The average molecular weight is 168 g/mol. The van der Waals surface area contributed by atoms with Crippen molar-refractivity contribution in [2.45, 2.75) is 0 Å². The zero-order chi connectivity index (χ0) is 8.72. The zero-order valence-electron chi connectivity index (χ0n) is 5.91. The Morgan fingerprint density at radius 2 is 1.92 bits per heavy atom. The van der Waals surface area contributed by atoms with Gasteiger partial charge in [-0.15, -0.1) is 0 Å². The van der Waals surface area contributed by atoms with Crippen LogP contribution < -0.4 is 0 Å². The Balaban J connectivity index is 2.87. The number of fused-ring (bicyclic) bond motifs is 1. The molecule has 0 spiro atoms. The highest BCUT2D eigenvalue weighted by atomic mass is 19.1. The van der Waals surface area contributed by atoms with Gasteiger partial charge in [-0.2, -0.15) is 0 Å². The van der Waals surface area contributed by atoms with E-state index in [0.717, 1.165) is 18.4 Å². The third kappa shape index (κ3) is 0.812. The smallest absolute Gasteiger partial charge is 0.165 e. The predicted molar refractivity (Wildman–Crippen MR) is 39.5 cm³/mol. The van der Waals surface area contributed by atoms with Crippen LogP contribution in [0.15, 0.2) is 22.8 Å². The third-order valence-corrected chi connectivity index (χ3v) is 1.62. The SMILES string of the molecule is Oc1cc2occ(O)c2cc1F. The van der Waals surface area contributed by atoms with Crippen LogP contribution in [0.1, 0.15) is 0 Å². The van der Waals surface area contributed by atoms with Gasteiger partial charge in [0.2, 0.25) is 0 Å². The second-order valence-corrected chi connectivity index (χ2v) is 2.42. The van der Waals surface area contributed by atoms with E-state index in [4.69, 9.17) is 14.6 Å². The van der Waals surface area contributed by atoms with E-state index in [0.29, 0.717) is 0 Å². The summed E-state index contributed by atoms with van der Waals surface area (Å²) in [5, 5.41) is 18.2. The Labute approximate surface area is 66.7 Å². The lowest BCUT2D eigenvalue weighted by Crippen LogP contribution is -1.74. The monoisotopic (exact) mass is 168 g/mol. The van der Waals surface area contributed by atoms with Crippen LogP contribution >= 0.6 is 0 Å². The largest absolute Gasteiger partial charge is 0.505 e. The number of hydrogen-bond donors (Lipinski definition) is 2. The first-order valence-corrected chi connectivity index (χ1v) is 3.27. The molecule has 0 bridgehead atoms. The first kappa shape index (κ1) is 6.97. The fourth-order valence-corrected chi connectivity index (χ4v) is 1.02. The molecule has 0 saturated heterocycles. The van der Waals surface area contributed by atoms with E-state index < -0.39 is 11.6 Å². The molecule has 0 aliphatic carbocycles. The molecular weight excluding hydrogens is 163 g/mol. The molecule has 1 heterocycles. The van der Waals surface area contributed by atoms with Crippen molar-refractivity contribution in [1.82, 2.24) is 0 Å². The topological polar surface area (TPSA) is 53.6 Å². The molecule has 0 fully saturated rings. The van der Waals surface area contributed by atoms with Crippen LogP contribution in [0.25, 0.3) is 11.0 Å². The maximum Gasteiger partial charge on any atom is 0.165 e. The molecule has 0 aliphatic heterocycles. The van der Waals surface area contributed by atoms with Crippen molar-refractivity contribution >= 4 is 11.0 Å². The lowest BCUT2D eigenvalue weighted by atomic mass is 10.2. The number of rotatable bonds is 0. The molecule has 2 aromatic rings. The Hall–Kier alpha value is -1.71. The van der Waals surface area contributed by atoms with Gasteiger partial charge in [-0.05, 0) is 6.07 Å². The number of phenolic OH excluding ortho intramolecular Hbond substituents is 1. The number of furan rings is 1. The Morgan fingerprint density at radius 3 is 2.67 bits per heavy atom. The molecule has 0 amide bonds. The van der Waals surface area contributed by atoms with Gasteiger partial charge in [-0.1, -0.05) is 0 Å². The van der Waals surface area contributed by atoms with Gasteiger partial charge < -0.3 is 14.6 Å². The van der Waals surface area contributed by atoms with Gasteiger partial charge in [0, 0.05) is 6.07 Å². The molecule has 0 aliphatic rings. The molecule has 12 heavy (non-hydrogen) atoms. The molecule has 0 saturated carbocycles. The summed E-state index contributed by atoms with van der Waals surface area (Å²) in [5.74, 6) is -1.40. The minimum Gasteiger partial charge on any atom is -0.505 e. The summed E-state index contributed by atoms with van der Waals surface area (Å²) in [7, 11) is 0. The molecular formula is C8H5FO3. The van der Waals surface area contributed by atoms with Gasteiger partial charge in [0.1, 0.15) is 11.8 Å². The predicted octanol–water partition coefficient (Wildman–Crippen LogP) is 1.98. The number of aromatic hydroxyl groups is 2. The number of benzene rings is 1. The maximum absolute atomic E-state index is 12.7. The van der Waals surface area contributed by atoms with E-state index in [1.54, 1.807) is 0 Å². The standard InChI is InChI=1S/C8H5FO3/c9-5-1-4-7(11)3-12-8(4)2-6(5)10/h1-3,10-11H. The molecule has 0 atom stereocenters. The summed E-state index contributed by atoms with van der Waals surface area (Å²) in [6.45, 7) is 0. The molecule has 0 unspecified atom stereocenters. The van der Waals surface area contributed by atoms with Crippen molar-refractivity contribution in [3.8, 4) is 11.5 Å². The number of halogens is 1. The van der Waals surface area contributed by atoms with Crippen molar-refractivity contribution in [2.24, 2.45) is 0 Å². The summed E-state index contributed by atoms with van der Waals surface area (Å²) in [6.07, 6.45) is 1.09. The van der Waals surface area contributed by atoms with Crippen molar-refractivity contribution < 1.29 is 19.0 Å². The fraction of sp³-hybridized carbons (Fsp3) is 0. The Morgan fingerprint density at radius 1 is 1.17 bits per heavy atom. The Kier molecular flexibility index (Phi) is 1.24. The average Bonchev–Trinajstić information content (AvgIpc) is 2.35. The molecule has 1 aromatic heterocycles.